The monoisotopic (exact) mass is 309 g/mol. The van der Waals surface area contributed by atoms with Gasteiger partial charge in [0.1, 0.15) is 12.2 Å². The van der Waals surface area contributed by atoms with Crippen LogP contribution in [0.1, 0.15) is 33.3 Å². The molecule has 0 radical (unpaired) electrons. The van der Waals surface area contributed by atoms with Gasteiger partial charge in [-0.1, -0.05) is 30.3 Å². The molecule has 1 aromatic rings. The predicted octanol–water partition coefficient (Wildman–Crippen LogP) is 2.00. The van der Waals surface area contributed by atoms with E-state index in [0.29, 0.717) is 0 Å². The summed E-state index contributed by atoms with van der Waals surface area (Å²) >= 11 is 0. The number of nitrogens with one attached hydrogen (secondary N) is 1. The first-order valence-corrected chi connectivity index (χ1v) is 7.07. The predicted molar refractivity (Wildman–Crippen MR) is 81.1 cm³/mol. The van der Waals surface area contributed by atoms with Gasteiger partial charge in [-0.2, -0.15) is 0 Å². The molecule has 0 saturated heterocycles. The van der Waals surface area contributed by atoms with Crippen molar-refractivity contribution in [2.24, 2.45) is 0 Å². The molecule has 6 heteroatoms. The Morgan fingerprint density at radius 1 is 1.23 bits per heavy atom. The maximum atomic E-state index is 11.7. The van der Waals surface area contributed by atoms with Crippen LogP contribution < -0.4 is 5.32 Å². The quantitative estimate of drug-likeness (QED) is 0.813. The van der Waals surface area contributed by atoms with Crippen LogP contribution in [0.15, 0.2) is 30.3 Å². The lowest BCUT2D eigenvalue weighted by Gasteiger charge is -2.24. The molecule has 0 saturated carbocycles. The highest BCUT2D eigenvalue weighted by molar-refractivity contribution is 5.77. The van der Waals surface area contributed by atoms with Crippen LogP contribution in [0, 0.1) is 0 Å². The number of carbonyl (C=O) groups excluding carboxylic acids is 2. The third kappa shape index (κ3) is 6.58. The molecule has 0 bridgehead atoms. The number of hydrogen-bond acceptors (Lipinski definition) is 5. The molecule has 1 rings (SSSR count). The Morgan fingerprint density at radius 2 is 1.82 bits per heavy atom. The topological polar surface area (TPSA) is 84.9 Å². The van der Waals surface area contributed by atoms with Gasteiger partial charge in [-0.3, -0.25) is 0 Å². The van der Waals surface area contributed by atoms with Crippen LogP contribution in [0.5, 0.6) is 0 Å². The van der Waals surface area contributed by atoms with Crippen molar-refractivity contribution in [3.63, 3.8) is 0 Å². The van der Waals surface area contributed by atoms with E-state index in [2.05, 4.69) is 5.32 Å². The molecule has 0 unspecified atom stereocenters. The van der Waals surface area contributed by atoms with Gasteiger partial charge in [0.15, 0.2) is 6.10 Å². The molecular formula is C16H23NO5. The Labute approximate surface area is 130 Å². The van der Waals surface area contributed by atoms with Crippen LogP contribution in [0.2, 0.25) is 0 Å². The Balaban J connectivity index is 2.41. The van der Waals surface area contributed by atoms with Gasteiger partial charge in [0.25, 0.3) is 0 Å². The third-order valence-electron chi connectivity index (χ3n) is 2.68. The van der Waals surface area contributed by atoms with Gasteiger partial charge >= 0.3 is 12.1 Å². The van der Waals surface area contributed by atoms with E-state index in [0.717, 1.165) is 5.56 Å². The Hall–Kier alpha value is -2.08. The van der Waals surface area contributed by atoms with Crippen molar-refractivity contribution in [3.05, 3.63) is 35.9 Å². The number of esters is 1. The Kier molecular flexibility index (Phi) is 6.37. The highest BCUT2D eigenvalue weighted by atomic mass is 16.6. The van der Waals surface area contributed by atoms with E-state index in [1.54, 1.807) is 20.8 Å². The summed E-state index contributed by atoms with van der Waals surface area (Å²) in [6.07, 6.45) is -2.16. The van der Waals surface area contributed by atoms with Crippen LogP contribution in [0.3, 0.4) is 0 Å². The van der Waals surface area contributed by atoms with Gasteiger partial charge in [-0.15, -0.1) is 0 Å². The van der Waals surface area contributed by atoms with E-state index >= 15 is 0 Å². The summed E-state index contributed by atoms with van der Waals surface area (Å²) in [6, 6.07) is 8.37. The molecule has 22 heavy (non-hydrogen) atoms. The Morgan fingerprint density at radius 3 is 2.36 bits per heavy atom. The summed E-state index contributed by atoms with van der Waals surface area (Å²) in [5.41, 5.74) is 0.143. The van der Waals surface area contributed by atoms with Gasteiger partial charge in [0.05, 0.1) is 6.04 Å². The number of hydrogen-bond donors (Lipinski definition) is 2. The van der Waals surface area contributed by atoms with Crippen LogP contribution in [-0.4, -0.2) is 34.9 Å². The van der Waals surface area contributed by atoms with E-state index in [1.165, 1.54) is 6.92 Å². The summed E-state index contributed by atoms with van der Waals surface area (Å²) in [7, 11) is 0. The molecule has 1 aromatic carbocycles. The first kappa shape index (κ1) is 18.0. The van der Waals surface area contributed by atoms with Crippen molar-refractivity contribution in [1.82, 2.24) is 5.32 Å². The molecule has 122 valence electrons. The van der Waals surface area contributed by atoms with Gasteiger partial charge in [0.2, 0.25) is 0 Å². The number of aliphatic hydroxyl groups excluding tert-OH is 1. The molecule has 2 N–H and O–H groups in total. The fraction of sp³-hybridized carbons (Fsp3) is 0.500. The van der Waals surface area contributed by atoms with Crippen molar-refractivity contribution in [1.29, 1.82) is 0 Å². The smallest absolute Gasteiger partial charge is 0.407 e. The van der Waals surface area contributed by atoms with Gasteiger partial charge in [0, 0.05) is 0 Å². The molecule has 0 aliphatic carbocycles. The summed E-state index contributed by atoms with van der Waals surface area (Å²) in [5, 5.41) is 12.2. The minimum Gasteiger partial charge on any atom is -0.458 e. The summed E-state index contributed by atoms with van der Waals surface area (Å²) in [6.45, 7) is 6.71. The molecule has 0 spiro atoms. The second-order valence-corrected chi connectivity index (χ2v) is 5.97. The van der Waals surface area contributed by atoms with Crippen molar-refractivity contribution >= 4 is 12.1 Å². The van der Waals surface area contributed by atoms with Crippen LogP contribution >= 0.6 is 0 Å². The molecule has 1 amide bonds. The van der Waals surface area contributed by atoms with E-state index in [9.17, 15) is 14.7 Å². The molecule has 0 aliphatic rings. The van der Waals surface area contributed by atoms with E-state index in [1.807, 2.05) is 30.3 Å². The maximum Gasteiger partial charge on any atom is 0.407 e. The average Bonchev–Trinajstić information content (AvgIpc) is 2.43. The second kappa shape index (κ2) is 7.79. The van der Waals surface area contributed by atoms with Crippen LogP contribution in [-0.2, 0) is 20.9 Å². The third-order valence-corrected chi connectivity index (χ3v) is 2.68. The number of rotatable bonds is 5. The molecular weight excluding hydrogens is 286 g/mol. The SMILES string of the molecule is C[C@@H](NC(=O)OCc1ccccc1)[C@H](O)C(=O)OC(C)(C)C. The van der Waals surface area contributed by atoms with E-state index < -0.39 is 29.8 Å². The van der Waals surface area contributed by atoms with E-state index in [-0.39, 0.29) is 6.61 Å². The van der Waals surface area contributed by atoms with Crippen molar-refractivity contribution in [2.75, 3.05) is 0 Å². The molecule has 2 atom stereocenters. The number of benzene rings is 1. The minimum absolute atomic E-state index is 0.113. The molecule has 0 fully saturated rings. The lowest BCUT2D eigenvalue weighted by atomic mass is 10.1. The van der Waals surface area contributed by atoms with Crippen molar-refractivity contribution < 1.29 is 24.2 Å². The molecule has 0 heterocycles. The lowest BCUT2D eigenvalue weighted by Crippen LogP contribution is -2.47. The first-order valence-electron chi connectivity index (χ1n) is 7.07. The maximum absolute atomic E-state index is 11.7. The minimum atomic E-state index is -1.46. The Bertz CT molecular complexity index is 495. The highest BCUT2D eigenvalue weighted by Gasteiger charge is 2.29. The molecule has 0 aromatic heterocycles. The average molecular weight is 309 g/mol. The zero-order chi connectivity index (χ0) is 16.8. The van der Waals surface area contributed by atoms with Crippen LogP contribution in [0.4, 0.5) is 4.79 Å². The fourth-order valence-electron chi connectivity index (χ4n) is 1.60. The largest absolute Gasteiger partial charge is 0.458 e. The number of aliphatic hydroxyl groups is 1. The van der Waals surface area contributed by atoms with Crippen LogP contribution in [0.25, 0.3) is 0 Å². The number of ether oxygens (including phenoxy) is 2. The van der Waals surface area contributed by atoms with Crippen molar-refractivity contribution in [3.8, 4) is 0 Å². The number of amides is 1. The number of alkyl carbamates (subject to hydrolysis) is 1. The highest BCUT2D eigenvalue weighted by Crippen LogP contribution is 2.10. The summed E-state index contributed by atoms with van der Waals surface area (Å²) < 4.78 is 10.1. The van der Waals surface area contributed by atoms with Gasteiger partial charge in [-0.25, -0.2) is 9.59 Å². The summed E-state index contributed by atoms with van der Waals surface area (Å²) in [4.78, 5) is 23.3. The number of carbonyl (C=O) groups is 2. The zero-order valence-electron chi connectivity index (χ0n) is 13.3. The van der Waals surface area contributed by atoms with Gasteiger partial charge < -0.3 is 19.9 Å². The zero-order valence-corrected chi connectivity index (χ0v) is 13.3. The summed E-state index contributed by atoms with van der Waals surface area (Å²) in [5.74, 6) is -0.789. The standard InChI is InChI=1S/C16H23NO5/c1-11(13(18)14(19)22-16(2,3)4)17-15(20)21-10-12-8-6-5-7-9-12/h5-9,11,13,18H,10H2,1-4H3,(H,17,20)/t11-,13+/m1/s1. The van der Waals surface area contributed by atoms with Gasteiger partial charge in [-0.05, 0) is 33.3 Å². The second-order valence-electron chi connectivity index (χ2n) is 5.97. The first-order chi connectivity index (χ1) is 10.2. The fourth-order valence-corrected chi connectivity index (χ4v) is 1.60. The van der Waals surface area contributed by atoms with E-state index in [4.69, 9.17) is 9.47 Å². The van der Waals surface area contributed by atoms with Crippen molar-refractivity contribution in [2.45, 2.75) is 52.0 Å². The lowest BCUT2D eigenvalue weighted by molar-refractivity contribution is -0.166. The normalized spacial score (nSPS) is 13.9. The molecule has 0 aliphatic heterocycles. The molecule has 6 nitrogen and oxygen atoms in total.